The van der Waals surface area contributed by atoms with Crippen molar-refractivity contribution >= 4 is 7.67 Å². The van der Waals surface area contributed by atoms with Crippen LogP contribution in [0.2, 0.25) is 0 Å². The van der Waals surface area contributed by atoms with Crippen LogP contribution in [-0.4, -0.2) is 40.6 Å². The van der Waals surface area contributed by atoms with E-state index in [-0.39, 0.29) is 6.04 Å². The summed E-state index contributed by atoms with van der Waals surface area (Å²) in [6.45, 7) is 5.36. The van der Waals surface area contributed by atoms with Gasteiger partial charge in [0.1, 0.15) is 0 Å². The van der Waals surface area contributed by atoms with Crippen LogP contribution in [0.5, 0.6) is 0 Å². The Balaban J connectivity index is 1.87. The van der Waals surface area contributed by atoms with Gasteiger partial charge in [-0.1, -0.05) is 32.3 Å². The summed E-state index contributed by atoms with van der Waals surface area (Å²) in [5.41, 5.74) is 1.17. The van der Waals surface area contributed by atoms with Crippen LogP contribution in [0.25, 0.3) is 0 Å². The molecule has 0 saturated carbocycles. The van der Waals surface area contributed by atoms with Gasteiger partial charge in [-0.05, 0) is 43.7 Å². The van der Waals surface area contributed by atoms with E-state index in [1.807, 2.05) is 12.3 Å². The highest BCUT2D eigenvalue weighted by Crippen LogP contribution is 2.60. The van der Waals surface area contributed by atoms with Gasteiger partial charge < -0.3 is 4.52 Å². The molecule has 6 heteroatoms. The summed E-state index contributed by atoms with van der Waals surface area (Å²) >= 11 is 0. The molecule has 2 aliphatic rings. The van der Waals surface area contributed by atoms with Gasteiger partial charge >= 0.3 is 7.67 Å². The highest BCUT2D eigenvalue weighted by molar-refractivity contribution is 7.54. The molecule has 140 valence electrons. The van der Waals surface area contributed by atoms with Gasteiger partial charge in [-0.25, -0.2) is 9.34 Å². The van der Waals surface area contributed by atoms with Crippen LogP contribution in [0.4, 0.5) is 0 Å². The molecule has 2 aliphatic heterocycles. The first-order valence-electron chi connectivity index (χ1n) is 9.93. The fourth-order valence-electron chi connectivity index (χ4n) is 3.91. The molecule has 3 heterocycles. The molecule has 0 radical (unpaired) electrons. The van der Waals surface area contributed by atoms with Gasteiger partial charge in [0.05, 0.1) is 6.61 Å². The van der Waals surface area contributed by atoms with Crippen molar-refractivity contribution in [1.82, 2.24) is 14.3 Å². The van der Waals surface area contributed by atoms with E-state index in [9.17, 15) is 4.57 Å². The molecule has 1 aromatic rings. The normalized spacial score (nSPS) is 25.6. The minimum absolute atomic E-state index is 0.150. The van der Waals surface area contributed by atoms with Gasteiger partial charge in [0, 0.05) is 38.1 Å². The Labute approximate surface area is 152 Å². The highest BCUT2D eigenvalue weighted by atomic mass is 31.2. The molecule has 0 amide bonds. The Kier molecular flexibility index (Phi) is 7.06. The zero-order valence-corrected chi connectivity index (χ0v) is 16.4. The minimum atomic E-state index is -2.98. The van der Waals surface area contributed by atoms with E-state index < -0.39 is 7.67 Å². The van der Waals surface area contributed by atoms with Crippen LogP contribution in [0.1, 0.15) is 69.9 Å². The molecular formula is C19H32N3O2P. The quantitative estimate of drug-likeness (QED) is 0.501. The third kappa shape index (κ3) is 4.51. The molecule has 2 atom stereocenters. The second kappa shape index (κ2) is 9.27. The summed E-state index contributed by atoms with van der Waals surface area (Å²) in [4.78, 5) is 4.29. The standard InChI is InChI=1S/C19H32N3O2P/c1-2-3-16-24-25(23,21-13-6-4-7-14-21)22-15-8-5-11-19(22)18-10-9-12-20-17-18/h9-10,12,17,19H,2-8,11,13-16H2,1H3/t19-,25?/m0/s1. The molecule has 0 aliphatic carbocycles. The third-order valence-electron chi connectivity index (χ3n) is 5.32. The van der Waals surface area contributed by atoms with Crippen LogP contribution in [-0.2, 0) is 9.09 Å². The van der Waals surface area contributed by atoms with Gasteiger partial charge in [-0.3, -0.25) is 9.55 Å². The average Bonchev–Trinajstić information content (AvgIpc) is 2.69. The lowest BCUT2D eigenvalue weighted by Crippen LogP contribution is -2.40. The molecule has 25 heavy (non-hydrogen) atoms. The van der Waals surface area contributed by atoms with Gasteiger partial charge in [-0.2, -0.15) is 0 Å². The molecule has 5 nitrogen and oxygen atoms in total. The smallest absolute Gasteiger partial charge is 0.306 e. The van der Waals surface area contributed by atoms with Gasteiger partial charge in [0.25, 0.3) is 0 Å². The average molecular weight is 365 g/mol. The number of piperidine rings is 2. The maximum atomic E-state index is 14.2. The molecule has 2 fully saturated rings. The SMILES string of the molecule is CCCCOP(=O)(N1CCCCC1)N1CCCC[C@H]1c1cccnc1. The first kappa shape index (κ1) is 19.0. The number of unbranched alkanes of at least 4 members (excludes halogenated alkanes) is 1. The summed E-state index contributed by atoms with van der Waals surface area (Å²) < 4.78 is 24.7. The molecule has 0 spiro atoms. The fourth-order valence-corrected chi connectivity index (χ4v) is 6.69. The molecule has 2 saturated heterocycles. The molecule has 0 N–H and O–H groups in total. The molecular weight excluding hydrogens is 333 g/mol. The number of nitrogens with zero attached hydrogens (tertiary/aromatic N) is 3. The minimum Gasteiger partial charge on any atom is -0.306 e. The molecule has 1 unspecified atom stereocenters. The Morgan fingerprint density at radius 1 is 1.20 bits per heavy atom. The van der Waals surface area contributed by atoms with Crippen molar-refractivity contribution in [2.45, 2.75) is 64.3 Å². The second-order valence-electron chi connectivity index (χ2n) is 7.15. The number of aromatic nitrogens is 1. The van der Waals surface area contributed by atoms with Crippen LogP contribution in [0, 0.1) is 0 Å². The van der Waals surface area contributed by atoms with E-state index in [1.165, 1.54) is 18.4 Å². The first-order valence-corrected chi connectivity index (χ1v) is 11.5. The molecule has 0 bridgehead atoms. The van der Waals surface area contributed by atoms with Crippen molar-refractivity contribution in [2.75, 3.05) is 26.2 Å². The number of hydrogen-bond donors (Lipinski definition) is 0. The lowest BCUT2D eigenvalue weighted by molar-refractivity contribution is 0.150. The summed E-state index contributed by atoms with van der Waals surface area (Å²) in [5, 5.41) is 0. The Morgan fingerprint density at radius 2 is 2.00 bits per heavy atom. The van der Waals surface area contributed by atoms with Crippen molar-refractivity contribution in [2.24, 2.45) is 0 Å². The van der Waals surface area contributed by atoms with Crippen LogP contribution in [0.15, 0.2) is 24.5 Å². The topological polar surface area (TPSA) is 45.7 Å². The lowest BCUT2D eigenvalue weighted by atomic mass is 9.99. The van der Waals surface area contributed by atoms with Gasteiger partial charge in [0.2, 0.25) is 0 Å². The third-order valence-corrected chi connectivity index (χ3v) is 8.08. The van der Waals surface area contributed by atoms with Crippen LogP contribution in [0.3, 0.4) is 0 Å². The van der Waals surface area contributed by atoms with Crippen molar-refractivity contribution in [3.8, 4) is 0 Å². The molecule has 3 rings (SSSR count). The van der Waals surface area contributed by atoms with Crippen molar-refractivity contribution < 1.29 is 9.09 Å². The number of pyridine rings is 1. The van der Waals surface area contributed by atoms with Crippen molar-refractivity contribution in [3.63, 3.8) is 0 Å². The zero-order chi connectivity index (χ0) is 17.5. The van der Waals surface area contributed by atoms with E-state index in [1.54, 1.807) is 6.20 Å². The van der Waals surface area contributed by atoms with Crippen molar-refractivity contribution in [3.05, 3.63) is 30.1 Å². The zero-order valence-electron chi connectivity index (χ0n) is 15.5. The fraction of sp³-hybridized carbons (Fsp3) is 0.737. The van der Waals surface area contributed by atoms with E-state index in [0.29, 0.717) is 6.61 Å². The van der Waals surface area contributed by atoms with Gasteiger partial charge in [-0.15, -0.1) is 0 Å². The number of rotatable bonds is 7. The van der Waals surface area contributed by atoms with E-state index in [4.69, 9.17) is 4.52 Å². The maximum absolute atomic E-state index is 14.2. The van der Waals surface area contributed by atoms with E-state index >= 15 is 0 Å². The molecule has 1 aromatic heterocycles. The van der Waals surface area contributed by atoms with Gasteiger partial charge in [0.15, 0.2) is 0 Å². The van der Waals surface area contributed by atoms with E-state index in [0.717, 1.165) is 58.2 Å². The summed E-state index contributed by atoms with van der Waals surface area (Å²) in [7, 11) is -2.98. The van der Waals surface area contributed by atoms with Crippen LogP contribution < -0.4 is 0 Å². The Hall–Kier alpha value is -0.740. The first-order chi connectivity index (χ1) is 12.3. The second-order valence-corrected chi connectivity index (χ2v) is 9.47. The van der Waals surface area contributed by atoms with Crippen LogP contribution >= 0.6 is 7.67 Å². The largest absolute Gasteiger partial charge is 0.346 e. The monoisotopic (exact) mass is 365 g/mol. The van der Waals surface area contributed by atoms with Crippen molar-refractivity contribution in [1.29, 1.82) is 0 Å². The lowest BCUT2D eigenvalue weighted by Gasteiger charge is -2.45. The maximum Gasteiger partial charge on any atom is 0.346 e. The predicted molar refractivity (Wildman–Crippen MR) is 101 cm³/mol. The predicted octanol–water partition coefficient (Wildman–Crippen LogP) is 5.02. The number of hydrogen-bond acceptors (Lipinski definition) is 3. The summed E-state index contributed by atoms with van der Waals surface area (Å²) in [5.74, 6) is 0. The molecule has 0 aromatic carbocycles. The Morgan fingerprint density at radius 3 is 2.72 bits per heavy atom. The highest BCUT2D eigenvalue weighted by Gasteiger charge is 2.44. The summed E-state index contributed by atoms with van der Waals surface area (Å²) in [6, 6.07) is 4.24. The summed E-state index contributed by atoms with van der Waals surface area (Å²) in [6.07, 6.45) is 12.5. The Bertz CT molecular complexity index is 563. The van der Waals surface area contributed by atoms with E-state index in [2.05, 4.69) is 27.3 Å².